The number of fused-ring (bicyclic) bond motifs is 1. The highest BCUT2D eigenvalue weighted by molar-refractivity contribution is 9.10. The molecule has 9 heteroatoms. The number of benzene rings is 1. The molecule has 1 aromatic carbocycles. The standard InChI is InChI=1S/C10H8BrF4N3S/c11-5-3-8-7(4-6(5)12)17-9(16)18(8)1-2-19-10(13,14)15/h3-4H,1-2H2,(H2,16,17). The van der Waals surface area contributed by atoms with Gasteiger partial charge in [0.15, 0.2) is 0 Å². The minimum absolute atomic E-state index is 0.0462. The highest BCUT2D eigenvalue weighted by atomic mass is 79.9. The summed E-state index contributed by atoms with van der Waals surface area (Å²) in [6, 6.07) is 2.63. The van der Waals surface area contributed by atoms with E-state index in [1.807, 2.05) is 0 Å². The summed E-state index contributed by atoms with van der Waals surface area (Å²) >= 11 is 2.88. The zero-order valence-electron chi connectivity index (χ0n) is 9.34. The summed E-state index contributed by atoms with van der Waals surface area (Å²) in [5.74, 6) is -0.620. The molecule has 0 fully saturated rings. The number of aromatic nitrogens is 2. The lowest BCUT2D eigenvalue weighted by Gasteiger charge is -2.08. The minimum Gasteiger partial charge on any atom is -0.369 e. The van der Waals surface area contributed by atoms with Gasteiger partial charge in [0, 0.05) is 18.4 Å². The van der Waals surface area contributed by atoms with E-state index in [9.17, 15) is 17.6 Å². The molecule has 0 amide bonds. The van der Waals surface area contributed by atoms with Gasteiger partial charge < -0.3 is 10.3 Å². The van der Waals surface area contributed by atoms with Crippen molar-refractivity contribution in [3.63, 3.8) is 0 Å². The van der Waals surface area contributed by atoms with Gasteiger partial charge in [-0.15, -0.1) is 0 Å². The Kier molecular flexibility index (Phi) is 3.95. The number of nitrogens with two attached hydrogens (primary N) is 1. The van der Waals surface area contributed by atoms with Gasteiger partial charge in [0.05, 0.1) is 15.5 Å². The lowest BCUT2D eigenvalue weighted by Crippen LogP contribution is -2.09. The average Bonchev–Trinajstić information content (AvgIpc) is 2.55. The van der Waals surface area contributed by atoms with Crippen LogP contribution in [-0.2, 0) is 6.54 Å². The normalized spacial score (nSPS) is 12.3. The molecule has 3 nitrogen and oxygen atoms in total. The van der Waals surface area contributed by atoms with Crippen LogP contribution in [0.5, 0.6) is 0 Å². The van der Waals surface area contributed by atoms with Gasteiger partial charge >= 0.3 is 5.51 Å². The van der Waals surface area contributed by atoms with Crippen molar-refractivity contribution in [3.8, 4) is 0 Å². The van der Waals surface area contributed by atoms with Crippen LogP contribution in [0.15, 0.2) is 16.6 Å². The Balaban J connectivity index is 2.27. The van der Waals surface area contributed by atoms with Crippen LogP contribution in [0.1, 0.15) is 0 Å². The fourth-order valence-electron chi connectivity index (χ4n) is 1.63. The number of hydrogen-bond acceptors (Lipinski definition) is 3. The average molecular weight is 358 g/mol. The van der Waals surface area contributed by atoms with E-state index < -0.39 is 11.3 Å². The number of thioether (sulfide) groups is 1. The number of anilines is 1. The molecule has 0 aliphatic carbocycles. The molecule has 0 saturated heterocycles. The number of nitrogens with zero attached hydrogens (tertiary/aromatic N) is 2. The van der Waals surface area contributed by atoms with Crippen molar-refractivity contribution in [2.75, 3.05) is 11.5 Å². The van der Waals surface area contributed by atoms with E-state index in [0.29, 0.717) is 11.0 Å². The van der Waals surface area contributed by atoms with E-state index >= 15 is 0 Å². The summed E-state index contributed by atoms with van der Waals surface area (Å²) in [4.78, 5) is 3.92. The third-order valence-electron chi connectivity index (χ3n) is 2.40. The molecule has 0 spiro atoms. The zero-order chi connectivity index (χ0) is 14.2. The second-order valence-electron chi connectivity index (χ2n) is 3.67. The number of hydrogen-bond donors (Lipinski definition) is 1. The maximum atomic E-state index is 13.3. The molecule has 2 N–H and O–H groups in total. The van der Waals surface area contributed by atoms with Crippen LogP contribution >= 0.6 is 27.7 Å². The molecule has 104 valence electrons. The van der Waals surface area contributed by atoms with Crippen LogP contribution in [0.4, 0.5) is 23.5 Å². The lowest BCUT2D eigenvalue weighted by atomic mass is 10.3. The van der Waals surface area contributed by atoms with Gasteiger partial charge in [-0.1, -0.05) is 0 Å². The molecule has 0 atom stereocenters. The zero-order valence-corrected chi connectivity index (χ0v) is 11.7. The van der Waals surface area contributed by atoms with Crippen LogP contribution < -0.4 is 5.73 Å². The van der Waals surface area contributed by atoms with Crippen LogP contribution in [0.25, 0.3) is 11.0 Å². The van der Waals surface area contributed by atoms with E-state index in [1.165, 1.54) is 16.7 Å². The first kappa shape index (κ1) is 14.4. The minimum atomic E-state index is -4.28. The smallest absolute Gasteiger partial charge is 0.369 e. The Hall–Kier alpha value is -0.960. The van der Waals surface area contributed by atoms with Crippen LogP contribution in [0.2, 0.25) is 0 Å². The van der Waals surface area contributed by atoms with Gasteiger partial charge in [-0.3, -0.25) is 0 Å². The molecule has 1 aromatic heterocycles. The van der Waals surface area contributed by atoms with Crippen molar-refractivity contribution >= 4 is 44.7 Å². The van der Waals surface area contributed by atoms with Gasteiger partial charge in [0.1, 0.15) is 5.82 Å². The van der Waals surface area contributed by atoms with Gasteiger partial charge in [0.25, 0.3) is 0 Å². The fourth-order valence-corrected chi connectivity index (χ4v) is 2.46. The maximum absolute atomic E-state index is 13.3. The van der Waals surface area contributed by atoms with Crippen LogP contribution in [0, 0.1) is 5.82 Å². The van der Waals surface area contributed by atoms with Crippen molar-refractivity contribution < 1.29 is 17.6 Å². The number of rotatable bonds is 3. The lowest BCUT2D eigenvalue weighted by molar-refractivity contribution is -0.0328. The third-order valence-corrected chi connectivity index (χ3v) is 3.72. The van der Waals surface area contributed by atoms with Crippen molar-refractivity contribution in [3.05, 3.63) is 22.4 Å². The van der Waals surface area contributed by atoms with Gasteiger partial charge in [-0.2, -0.15) is 13.2 Å². The highest BCUT2D eigenvalue weighted by Crippen LogP contribution is 2.31. The molecule has 0 aliphatic heterocycles. The first-order valence-corrected chi connectivity index (χ1v) is 6.87. The first-order valence-electron chi connectivity index (χ1n) is 5.09. The SMILES string of the molecule is Nc1nc2cc(F)c(Br)cc2n1CCSC(F)(F)F. The number of imidazole rings is 1. The predicted molar refractivity (Wildman–Crippen MR) is 70.3 cm³/mol. The molecule has 0 saturated carbocycles. The van der Waals surface area contributed by atoms with Gasteiger partial charge in [-0.05, 0) is 33.8 Å². The van der Waals surface area contributed by atoms with E-state index in [2.05, 4.69) is 20.9 Å². The number of nitrogen functional groups attached to an aromatic ring is 1. The predicted octanol–water partition coefficient (Wildman–Crippen LogP) is 3.77. The van der Waals surface area contributed by atoms with Gasteiger partial charge in [0.2, 0.25) is 5.95 Å². The molecule has 19 heavy (non-hydrogen) atoms. The maximum Gasteiger partial charge on any atom is 0.441 e. The molecule has 0 radical (unpaired) electrons. The second-order valence-corrected chi connectivity index (χ2v) is 5.69. The first-order chi connectivity index (χ1) is 8.78. The van der Waals surface area contributed by atoms with Crippen molar-refractivity contribution in [2.45, 2.75) is 12.1 Å². The monoisotopic (exact) mass is 357 g/mol. The molecular weight excluding hydrogens is 350 g/mol. The molecular formula is C10H8BrF4N3S. The molecule has 2 aromatic rings. The Morgan fingerprint density at radius 2 is 2.05 bits per heavy atom. The number of halogens is 5. The summed E-state index contributed by atoms with van der Waals surface area (Å²) < 4.78 is 51.1. The van der Waals surface area contributed by atoms with E-state index in [-0.39, 0.29) is 34.5 Å². The molecule has 2 rings (SSSR count). The van der Waals surface area contributed by atoms with Crippen molar-refractivity contribution in [1.82, 2.24) is 9.55 Å². The molecule has 0 aliphatic rings. The summed E-state index contributed by atoms with van der Waals surface area (Å²) in [6.45, 7) is 0.0462. The van der Waals surface area contributed by atoms with Crippen LogP contribution in [0.3, 0.4) is 0 Å². The summed E-state index contributed by atoms with van der Waals surface area (Å²) in [5.41, 5.74) is 2.16. The number of alkyl halides is 3. The van der Waals surface area contributed by atoms with E-state index in [1.54, 1.807) is 0 Å². The quantitative estimate of drug-likeness (QED) is 0.850. The summed E-state index contributed by atoms with van der Waals surface area (Å²) in [7, 11) is 0. The van der Waals surface area contributed by atoms with E-state index in [0.717, 1.165) is 0 Å². The molecule has 0 unspecified atom stereocenters. The van der Waals surface area contributed by atoms with Crippen LogP contribution in [-0.4, -0.2) is 20.8 Å². The fraction of sp³-hybridized carbons (Fsp3) is 0.300. The van der Waals surface area contributed by atoms with Gasteiger partial charge in [-0.25, -0.2) is 9.37 Å². The third kappa shape index (κ3) is 3.33. The number of aryl methyl sites for hydroxylation is 1. The largest absolute Gasteiger partial charge is 0.441 e. The molecule has 0 bridgehead atoms. The Morgan fingerprint density at radius 1 is 1.37 bits per heavy atom. The summed E-state index contributed by atoms with van der Waals surface area (Å²) in [6.07, 6.45) is 0. The topological polar surface area (TPSA) is 43.8 Å². The van der Waals surface area contributed by atoms with Crippen molar-refractivity contribution in [2.24, 2.45) is 0 Å². The molecule has 1 heterocycles. The summed E-state index contributed by atoms with van der Waals surface area (Å²) in [5, 5.41) is 0. The Morgan fingerprint density at radius 3 is 2.68 bits per heavy atom. The Labute approximate surface area is 118 Å². The van der Waals surface area contributed by atoms with E-state index in [4.69, 9.17) is 5.73 Å². The Bertz CT molecular complexity index is 611. The van der Waals surface area contributed by atoms with Crippen molar-refractivity contribution in [1.29, 1.82) is 0 Å². The highest BCUT2D eigenvalue weighted by Gasteiger charge is 2.27. The second kappa shape index (κ2) is 5.20.